The zero-order valence-electron chi connectivity index (χ0n) is 10.3. The van der Waals surface area contributed by atoms with Crippen LogP contribution in [0.3, 0.4) is 0 Å². The first-order valence-corrected chi connectivity index (χ1v) is 7.45. The van der Waals surface area contributed by atoms with Crippen molar-refractivity contribution in [3.05, 3.63) is 24.0 Å². The fraction of sp³-hybridized carbons (Fsp3) is 0.182. The zero-order valence-corrected chi connectivity index (χ0v) is 11.9. The monoisotopic (exact) mass is 315 g/mol. The van der Waals surface area contributed by atoms with Gasteiger partial charge in [-0.1, -0.05) is 12.2 Å². The number of nitrogens with zero attached hydrogens (tertiary/aromatic N) is 1. The molecule has 9 heteroatoms. The lowest BCUT2D eigenvalue weighted by molar-refractivity contribution is -0.118. The predicted octanol–water partition coefficient (Wildman–Crippen LogP) is 0.594. The second kappa shape index (κ2) is 5.94. The molecule has 0 aliphatic carbocycles. The van der Waals surface area contributed by atoms with Crippen LogP contribution in [0.5, 0.6) is 0 Å². The first-order valence-electron chi connectivity index (χ1n) is 5.15. The highest BCUT2D eigenvalue weighted by Crippen LogP contribution is 2.19. The van der Waals surface area contributed by atoms with Gasteiger partial charge in [-0.05, 0) is 18.2 Å². The van der Waals surface area contributed by atoms with Crippen molar-refractivity contribution in [1.82, 2.24) is 0 Å². The predicted molar refractivity (Wildman–Crippen MR) is 74.0 cm³/mol. The molecular weight excluding hydrogens is 305 g/mol. The Kier molecular flexibility index (Phi) is 4.75. The Balaban J connectivity index is 3.11. The molecule has 0 bridgehead atoms. The third-order valence-electron chi connectivity index (χ3n) is 2.24. The van der Waals surface area contributed by atoms with E-state index in [0.29, 0.717) is 0 Å². The summed E-state index contributed by atoms with van der Waals surface area (Å²) in [4.78, 5) is 10.5. The van der Waals surface area contributed by atoms with Gasteiger partial charge < -0.3 is 11.1 Å². The van der Waals surface area contributed by atoms with E-state index < -0.39 is 27.5 Å². The standard InChI is InChI=1S/C11H10FN3O3S2/c1-20(17,18)8-3-6(12)2-7(4-8)15-11(19)9(5-13)10(14)16/h2-4,9H,1H3,(H2,14,16)(H,15,19). The van der Waals surface area contributed by atoms with Crippen LogP contribution >= 0.6 is 12.2 Å². The fourth-order valence-corrected chi connectivity index (χ4v) is 2.27. The number of benzene rings is 1. The van der Waals surface area contributed by atoms with Crippen LogP contribution in [0.2, 0.25) is 0 Å². The van der Waals surface area contributed by atoms with Gasteiger partial charge in [0.1, 0.15) is 10.8 Å². The minimum Gasteiger partial charge on any atom is -0.368 e. The lowest BCUT2D eigenvalue weighted by atomic mass is 10.1. The van der Waals surface area contributed by atoms with Crippen LogP contribution in [0.1, 0.15) is 0 Å². The molecule has 0 fully saturated rings. The number of anilines is 1. The number of carbonyl (C=O) groups is 1. The summed E-state index contributed by atoms with van der Waals surface area (Å²) in [5.74, 6) is -3.13. The quantitative estimate of drug-likeness (QED) is 0.786. The average Bonchev–Trinajstić information content (AvgIpc) is 2.26. The minimum absolute atomic E-state index is 0.0110. The van der Waals surface area contributed by atoms with E-state index in [1.54, 1.807) is 6.07 Å². The van der Waals surface area contributed by atoms with E-state index in [0.717, 1.165) is 24.5 Å². The Labute approximate surface area is 120 Å². The number of hydrogen-bond acceptors (Lipinski definition) is 5. The molecule has 1 amide bonds. The van der Waals surface area contributed by atoms with Gasteiger partial charge in [0, 0.05) is 11.9 Å². The second-order valence-electron chi connectivity index (χ2n) is 3.90. The summed E-state index contributed by atoms with van der Waals surface area (Å²) < 4.78 is 36.1. The van der Waals surface area contributed by atoms with Crippen LogP contribution in [0.15, 0.2) is 23.1 Å². The average molecular weight is 315 g/mol. The molecule has 0 aromatic heterocycles. The van der Waals surface area contributed by atoms with E-state index in [1.807, 2.05) is 0 Å². The zero-order chi connectivity index (χ0) is 15.5. The van der Waals surface area contributed by atoms with Crippen LogP contribution in [0, 0.1) is 23.1 Å². The first kappa shape index (κ1) is 16.0. The number of sulfone groups is 1. The summed E-state index contributed by atoms with van der Waals surface area (Å²) in [6.45, 7) is 0. The third-order valence-corrected chi connectivity index (χ3v) is 3.67. The Morgan fingerprint density at radius 3 is 2.55 bits per heavy atom. The van der Waals surface area contributed by atoms with Gasteiger partial charge in [0.15, 0.2) is 15.8 Å². The molecular formula is C11H10FN3O3S2. The van der Waals surface area contributed by atoms with E-state index in [9.17, 15) is 17.6 Å². The molecule has 1 atom stereocenters. The highest BCUT2D eigenvalue weighted by Gasteiger charge is 2.21. The van der Waals surface area contributed by atoms with E-state index in [1.165, 1.54) is 0 Å². The number of amides is 1. The molecule has 0 aliphatic rings. The number of halogens is 1. The summed E-state index contributed by atoms with van der Waals surface area (Å²) in [6.07, 6.45) is 0.922. The number of nitrogens with two attached hydrogens (primary N) is 1. The van der Waals surface area contributed by atoms with Gasteiger partial charge in [-0.2, -0.15) is 5.26 Å². The van der Waals surface area contributed by atoms with Gasteiger partial charge in [-0.25, -0.2) is 12.8 Å². The van der Waals surface area contributed by atoms with Gasteiger partial charge in [0.2, 0.25) is 5.91 Å². The van der Waals surface area contributed by atoms with Crippen molar-refractivity contribution in [2.75, 3.05) is 11.6 Å². The number of nitrogens with one attached hydrogen (secondary N) is 1. The van der Waals surface area contributed by atoms with E-state index in [-0.39, 0.29) is 15.6 Å². The molecule has 0 saturated carbocycles. The third kappa shape index (κ3) is 3.97. The molecule has 1 rings (SSSR count). The number of hydrogen-bond donors (Lipinski definition) is 2. The molecule has 0 aliphatic heterocycles. The topological polar surface area (TPSA) is 113 Å². The molecule has 20 heavy (non-hydrogen) atoms. The minimum atomic E-state index is -3.61. The van der Waals surface area contributed by atoms with Crippen LogP contribution in [-0.4, -0.2) is 25.6 Å². The lowest BCUT2D eigenvalue weighted by Crippen LogP contribution is -2.32. The molecule has 1 aromatic rings. The molecule has 1 unspecified atom stereocenters. The van der Waals surface area contributed by atoms with Crippen LogP contribution in [-0.2, 0) is 14.6 Å². The fourth-order valence-electron chi connectivity index (χ4n) is 1.31. The van der Waals surface area contributed by atoms with E-state index in [2.05, 4.69) is 5.32 Å². The largest absolute Gasteiger partial charge is 0.368 e. The molecule has 3 N–H and O–H groups in total. The molecule has 0 heterocycles. The first-order chi connectivity index (χ1) is 9.15. The maximum atomic E-state index is 13.3. The van der Waals surface area contributed by atoms with Crippen molar-refractivity contribution in [2.24, 2.45) is 11.7 Å². The lowest BCUT2D eigenvalue weighted by Gasteiger charge is -2.11. The summed E-state index contributed by atoms with van der Waals surface area (Å²) >= 11 is 4.81. The van der Waals surface area contributed by atoms with Gasteiger partial charge >= 0.3 is 0 Å². The molecule has 106 valence electrons. The Hall–Kier alpha value is -2.05. The van der Waals surface area contributed by atoms with E-state index in [4.69, 9.17) is 23.2 Å². The number of nitriles is 1. The summed E-state index contributed by atoms with van der Waals surface area (Å²) in [7, 11) is -3.61. The SMILES string of the molecule is CS(=O)(=O)c1cc(F)cc(NC(=S)C(C#N)C(N)=O)c1. The molecule has 1 aromatic carbocycles. The van der Waals surface area contributed by atoms with Crippen LogP contribution < -0.4 is 11.1 Å². The van der Waals surface area contributed by atoms with Crippen molar-refractivity contribution in [3.63, 3.8) is 0 Å². The molecule has 0 spiro atoms. The Morgan fingerprint density at radius 2 is 2.10 bits per heavy atom. The summed E-state index contributed by atoms with van der Waals surface area (Å²) in [5, 5.41) is 11.2. The van der Waals surface area contributed by atoms with Crippen molar-refractivity contribution >= 4 is 38.6 Å². The maximum absolute atomic E-state index is 13.3. The number of thiocarbonyl (C=S) groups is 1. The maximum Gasteiger partial charge on any atom is 0.241 e. The molecule has 0 radical (unpaired) electrons. The van der Waals surface area contributed by atoms with E-state index >= 15 is 0 Å². The van der Waals surface area contributed by atoms with Crippen molar-refractivity contribution < 1.29 is 17.6 Å². The van der Waals surface area contributed by atoms with Crippen molar-refractivity contribution in [1.29, 1.82) is 5.26 Å². The highest BCUT2D eigenvalue weighted by atomic mass is 32.2. The second-order valence-corrected chi connectivity index (χ2v) is 6.36. The van der Waals surface area contributed by atoms with Crippen LogP contribution in [0.4, 0.5) is 10.1 Å². The summed E-state index contributed by atoms with van der Waals surface area (Å²) in [6, 6.07) is 4.56. The van der Waals surface area contributed by atoms with Gasteiger partial charge in [0.25, 0.3) is 0 Å². The highest BCUT2D eigenvalue weighted by molar-refractivity contribution is 7.90. The number of rotatable bonds is 4. The van der Waals surface area contributed by atoms with Crippen molar-refractivity contribution in [2.45, 2.75) is 4.90 Å². The molecule has 6 nitrogen and oxygen atoms in total. The summed E-state index contributed by atoms with van der Waals surface area (Å²) in [5.41, 5.74) is 4.98. The van der Waals surface area contributed by atoms with Gasteiger partial charge in [-0.3, -0.25) is 4.79 Å². The Bertz CT molecular complexity index is 710. The van der Waals surface area contributed by atoms with Crippen molar-refractivity contribution in [3.8, 4) is 6.07 Å². The molecule has 0 saturated heterocycles. The van der Waals surface area contributed by atoms with Crippen LogP contribution in [0.25, 0.3) is 0 Å². The van der Waals surface area contributed by atoms with Gasteiger partial charge in [-0.15, -0.1) is 0 Å². The normalized spacial score (nSPS) is 12.2. The number of carbonyl (C=O) groups excluding carboxylic acids is 1. The number of primary amides is 1. The smallest absolute Gasteiger partial charge is 0.241 e. The Morgan fingerprint density at radius 1 is 1.50 bits per heavy atom. The van der Waals surface area contributed by atoms with Gasteiger partial charge in [0.05, 0.1) is 11.0 Å².